The van der Waals surface area contributed by atoms with Gasteiger partial charge in [-0.3, -0.25) is 4.57 Å². The Morgan fingerprint density at radius 3 is 1.26 bits per heavy atom. The van der Waals surface area contributed by atoms with Crippen molar-refractivity contribution in [3.05, 3.63) is 176 Å². The van der Waals surface area contributed by atoms with E-state index >= 15 is 0 Å². The number of hydrogen-bond donors (Lipinski definition) is 0. The molecule has 53 heavy (non-hydrogen) atoms. The van der Waals surface area contributed by atoms with Crippen molar-refractivity contribution >= 4 is 87.1 Å². The lowest BCUT2D eigenvalue weighted by atomic mass is 10.1. The maximum Gasteiger partial charge on any atom is 0.149 e. The molecule has 4 aromatic heterocycles. The summed E-state index contributed by atoms with van der Waals surface area (Å²) in [6.07, 6.45) is 1.71. The third-order valence-corrected chi connectivity index (χ3v) is 11.1. The zero-order valence-electron chi connectivity index (χ0n) is 28.5. The van der Waals surface area contributed by atoms with Crippen LogP contribution < -0.4 is 0 Å². The van der Waals surface area contributed by atoms with Crippen LogP contribution in [0.5, 0.6) is 0 Å². The summed E-state index contributed by atoms with van der Waals surface area (Å²) in [6.45, 7) is 0. The van der Waals surface area contributed by atoms with E-state index in [1.54, 1.807) is 6.33 Å². The van der Waals surface area contributed by atoms with Crippen LogP contribution in [0.25, 0.3) is 104 Å². The van der Waals surface area contributed by atoms with Gasteiger partial charge in [-0.2, -0.15) is 0 Å². The predicted molar refractivity (Wildman–Crippen MR) is 220 cm³/mol. The lowest BCUT2D eigenvalue weighted by molar-refractivity contribution is 1.07. The first-order valence-corrected chi connectivity index (χ1v) is 18.0. The molecule has 0 radical (unpaired) electrons. The molecule has 0 aliphatic rings. The maximum atomic E-state index is 5.12. The van der Waals surface area contributed by atoms with Gasteiger partial charge in [-0.1, -0.05) is 115 Å². The molecule has 0 unspecified atom stereocenters. The van der Waals surface area contributed by atoms with E-state index in [2.05, 4.69) is 184 Å². The molecule has 0 bridgehead atoms. The molecule has 0 aliphatic heterocycles. The second kappa shape index (κ2) is 10.6. The Bertz CT molecular complexity index is 3190. The number of hydrogen-bond acceptors (Lipinski definition) is 2. The van der Waals surface area contributed by atoms with Crippen molar-refractivity contribution < 1.29 is 0 Å². The molecular weight excluding hydrogens is 647 g/mol. The van der Waals surface area contributed by atoms with Gasteiger partial charge < -0.3 is 9.13 Å². The third-order valence-electron chi connectivity index (χ3n) is 11.1. The second-order valence-electron chi connectivity index (χ2n) is 13.9. The van der Waals surface area contributed by atoms with Crippen molar-refractivity contribution in [2.45, 2.75) is 0 Å². The van der Waals surface area contributed by atoms with Gasteiger partial charge in [0.1, 0.15) is 12.1 Å². The molecule has 0 amide bonds. The van der Waals surface area contributed by atoms with Gasteiger partial charge in [-0.05, 0) is 65.4 Å². The van der Waals surface area contributed by atoms with Crippen LogP contribution >= 0.6 is 0 Å². The van der Waals surface area contributed by atoms with Crippen molar-refractivity contribution in [1.29, 1.82) is 0 Å². The van der Waals surface area contributed by atoms with Gasteiger partial charge >= 0.3 is 0 Å². The quantitative estimate of drug-likeness (QED) is 0.175. The van der Waals surface area contributed by atoms with Crippen LogP contribution in [0.15, 0.2) is 176 Å². The minimum absolute atomic E-state index is 0.866. The third kappa shape index (κ3) is 3.91. The van der Waals surface area contributed by atoms with E-state index in [9.17, 15) is 0 Å². The summed E-state index contributed by atoms with van der Waals surface area (Å²) in [7, 11) is 0. The van der Waals surface area contributed by atoms with Crippen molar-refractivity contribution in [1.82, 2.24) is 23.7 Å². The lowest BCUT2D eigenvalue weighted by Gasteiger charge is -2.14. The molecule has 0 saturated carbocycles. The van der Waals surface area contributed by atoms with Crippen LogP contribution in [0.4, 0.5) is 0 Å². The highest BCUT2D eigenvalue weighted by molar-refractivity contribution is 6.16. The molecule has 0 aliphatic carbocycles. The molecule has 5 heteroatoms. The summed E-state index contributed by atoms with van der Waals surface area (Å²) in [6, 6.07) is 61.4. The summed E-state index contributed by atoms with van der Waals surface area (Å²) in [5.74, 6) is 0.866. The summed E-state index contributed by atoms with van der Waals surface area (Å²) in [4.78, 5) is 9.90. The predicted octanol–water partition coefficient (Wildman–Crippen LogP) is 12.1. The van der Waals surface area contributed by atoms with Crippen LogP contribution in [0.3, 0.4) is 0 Å². The fraction of sp³-hybridized carbons (Fsp3) is 0. The highest BCUT2D eigenvalue weighted by atomic mass is 15.1. The number of para-hydroxylation sites is 4. The van der Waals surface area contributed by atoms with Gasteiger partial charge in [0, 0.05) is 43.7 Å². The van der Waals surface area contributed by atoms with Gasteiger partial charge in [0.05, 0.1) is 44.0 Å². The van der Waals surface area contributed by atoms with Gasteiger partial charge in [0.15, 0.2) is 0 Å². The average Bonchev–Trinajstić information content (AvgIpc) is 3.85. The Labute approximate surface area is 303 Å². The van der Waals surface area contributed by atoms with Crippen molar-refractivity contribution in [3.63, 3.8) is 0 Å². The Hall–Kier alpha value is -7.24. The first-order valence-electron chi connectivity index (χ1n) is 18.0. The number of benzene rings is 8. The minimum atomic E-state index is 0.866. The van der Waals surface area contributed by atoms with Crippen molar-refractivity contribution in [3.8, 4) is 17.2 Å². The molecule has 0 N–H and O–H groups in total. The Morgan fingerprint density at radius 1 is 0.321 bits per heavy atom. The second-order valence-corrected chi connectivity index (χ2v) is 13.9. The van der Waals surface area contributed by atoms with Gasteiger partial charge in [-0.25, -0.2) is 9.97 Å². The van der Waals surface area contributed by atoms with Gasteiger partial charge in [-0.15, -0.1) is 0 Å². The molecule has 0 saturated heterocycles. The van der Waals surface area contributed by atoms with E-state index in [1.807, 2.05) is 0 Å². The SMILES string of the molecule is c1ccc2c(c1)ccc1ncnc(-n3c4cc(-n5c6ccccc6c6ccccc65)ccc4c4ccc(-n5c6ccccc6c6ccccc65)cc43)c12. The lowest BCUT2D eigenvalue weighted by Crippen LogP contribution is -2.02. The van der Waals surface area contributed by atoms with E-state index < -0.39 is 0 Å². The molecule has 12 rings (SSSR count). The monoisotopic (exact) mass is 675 g/mol. The van der Waals surface area contributed by atoms with Crippen LogP contribution in [0.1, 0.15) is 0 Å². The summed E-state index contributed by atoms with van der Waals surface area (Å²) in [5, 5.41) is 10.6. The molecular formula is C48H29N5. The van der Waals surface area contributed by atoms with Crippen LogP contribution in [0.2, 0.25) is 0 Å². The molecule has 12 aromatic rings. The first kappa shape index (κ1) is 28.5. The standard InChI is InChI=1S/C48H29N5/c1-2-12-33-30(11-1)21-26-40-47(33)48(50-29-49-40)53-45-27-31(51-41-17-7-3-13-34(41)35-14-4-8-18-42(35)51)22-24-38(45)39-25-23-32(28-46(39)53)52-43-19-9-5-15-36(43)37-16-6-10-20-44(37)52/h1-29H. The smallest absolute Gasteiger partial charge is 0.149 e. The van der Waals surface area contributed by atoms with Crippen LogP contribution in [0, 0.1) is 0 Å². The summed E-state index contributed by atoms with van der Waals surface area (Å²) < 4.78 is 7.15. The number of fused-ring (bicyclic) bond motifs is 12. The van der Waals surface area contributed by atoms with E-state index in [-0.39, 0.29) is 0 Å². The topological polar surface area (TPSA) is 40.6 Å². The van der Waals surface area contributed by atoms with Crippen LogP contribution in [-0.2, 0) is 0 Å². The molecule has 0 spiro atoms. The number of rotatable bonds is 3. The highest BCUT2D eigenvalue weighted by Gasteiger charge is 2.21. The molecule has 0 atom stereocenters. The van der Waals surface area contributed by atoms with Crippen LogP contribution in [-0.4, -0.2) is 23.7 Å². The minimum Gasteiger partial charge on any atom is -0.309 e. The Morgan fingerprint density at radius 2 is 0.755 bits per heavy atom. The van der Waals surface area contributed by atoms with E-state index in [4.69, 9.17) is 9.97 Å². The molecule has 0 fully saturated rings. The Balaban J connectivity index is 1.23. The maximum absolute atomic E-state index is 5.12. The fourth-order valence-electron chi connectivity index (χ4n) is 8.89. The summed E-state index contributed by atoms with van der Waals surface area (Å²) >= 11 is 0. The van der Waals surface area contributed by atoms with Crippen molar-refractivity contribution in [2.24, 2.45) is 0 Å². The van der Waals surface area contributed by atoms with Gasteiger partial charge in [0.25, 0.3) is 0 Å². The molecule has 8 aromatic carbocycles. The summed E-state index contributed by atoms with van der Waals surface area (Å²) in [5.41, 5.74) is 10.0. The van der Waals surface area contributed by atoms with Gasteiger partial charge in [0.2, 0.25) is 0 Å². The molecule has 246 valence electrons. The number of aromatic nitrogens is 5. The Kier molecular flexibility index (Phi) is 5.71. The normalized spacial score (nSPS) is 12.2. The number of nitrogens with zero attached hydrogens (tertiary/aromatic N) is 5. The fourth-order valence-corrected chi connectivity index (χ4v) is 8.89. The highest BCUT2D eigenvalue weighted by Crippen LogP contribution is 2.40. The molecule has 5 nitrogen and oxygen atoms in total. The molecule has 4 heterocycles. The zero-order chi connectivity index (χ0) is 34.6. The average molecular weight is 676 g/mol. The largest absolute Gasteiger partial charge is 0.309 e. The van der Waals surface area contributed by atoms with E-state index in [0.717, 1.165) is 49.9 Å². The van der Waals surface area contributed by atoms with Crippen molar-refractivity contribution in [2.75, 3.05) is 0 Å². The van der Waals surface area contributed by atoms with E-state index in [0.29, 0.717) is 0 Å². The van der Waals surface area contributed by atoms with E-state index in [1.165, 1.54) is 54.4 Å². The first-order chi connectivity index (χ1) is 26.3. The zero-order valence-corrected chi connectivity index (χ0v) is 28.5.